The highest BCUT2D eigenvalue weighted by atomic mass is 35.5. The van der Waals surface area contributed by atoms with Crippen LogP contribution in [-0.4, -0.2) is 19.1 Å². The van der Waals surface area contributed by atoms with Gasteiger partial charge in [-0.25, -0.2) is 0 Å². The Morgan fingerprint density at radius 1 is 1.59 bits per heavy atom. The molecule has 1 amide bonds. The predicted octanol–water partition coefficient (Wildman–Crippen LogP) is 2.20. The van der Waals surface area contributed by atoms with Gasteiger partial charge in [0.25, 0.3) is 5.91 Å². The zero-order chi connectivity index (χ0) is 12.7. The van der Waals surface area contributed by atoms with Crippen molar-refractivity contribution < 1.29 is 9.53 Å². The zero-order valence-corrected chi connectivity index (χ0v) is 10.2. The van der Waals surface area contributed by atoms with Gasteiger partial charge >= 0.3 is 0 Å². The van der Waals surface area contributed by atoms with Crippen LogP contribution >= 0.6 is 11.6 Å². The molecule has 17 heavy (non-hydrogen) atoms. The fourth-order valence-corrected chi connectivity index (χ4v) is 1.46. The molecule has 0 aromatic heterocycles. The van der Waals surface area contributed by atoms with Crippen LogP contribution in [0.4, 0.5) is 5.69 Å². The Morgan fingerprint density at radius 2 is 2.35 bits per heavy atom. The third kappa shape index (κ3) is 4.36. The van der Waals surface area contributed by atoms with E-state index in [0.717, 1.165) is 0 Å². The van der Waals surface area contributed by atoms with E-state index in [-0.39, 0.29) is 5.91 Å². The highest BCUT2D eigenvalue weighted by molar-refractivity contribution is 6.31. The number of carbonyl (C=O) groups excluding carboxylic acids is 1. The maximum absolute atomic E-state index is 11.7. The van der Waals surface area contributed by atoms with E-state index in [1.54, 1.807) is 18.2 Å². The summed E-state index contributed by atoms with van der Waals surface area (Å²) in [6.45, 7) is 4.47. The van der Waals surface area contributed by atoms with Crippen LogP contribution < -0.4 is 11.1 Å². The zero-order valence-electron chi connectivity index (χ0n) is 9.41. The minimum Gasteiger partial charge on any atom is -0.502 e. The molecule has 4 nitrogen and oxygen atoms in total. The van der Waals surface area contributed by atoms with E-state index in [4.69, 9.17) is 22.1 Å². The lowest BCUT2D eigenvalue weighted by molar-refractivity contribution is 0.0951. The smallest absolute Gasteiger partial charge is 0.253 e. The van der Waals surface area contributed by atoms with Crippen LogP contribution in [0.2, 0.25) is 5.02 Å². The standard InChI is InChI=1S/C12H15ClN2O2/c1-2-17-7-3-6-15-12(16)10-5-4-9(13)8-11(10)14/h2,4-5,8H,1,3,6-7,14H2,(H,15,16). The molecule has 0 aliphatic heterocycles. The Balaban J connectivity index is 2.44. The monoisotopic (exact) mass is 254 g/mol. The number of nitrogen functional groups attached to an aromatic ring is 1. The summed E-state index contributed by atoms with van der Waals surface area (Å²) in [5.74, 6) is -0.210. The van der Waals surface area contributed by atoms with Crippen molar-refractivity contribution >= 4 is 23.2 Å². The molecule has 92 valence electrons. The molecule has 0 fully saturated rings. The Labute approximate surface area is 105 Å². The van der Waals surface area contributed by atoms with Gasteiger partial charge < -0.3 is 15.8 Å². The molecule has 0 aliphatic carbocycles. The number of nitrogens with one attached hydrogen (secondary N) is 1. The van der Waals surface area contributed by atoms with Crippen LogP contribution in [-0.2, 0) is 4.74 Å². The Morgan fingerprint density at radius 3 is 3.00 bits per heavy atom. The molecule has 0 aliphatic rings. The minimum atomic E-state index is -0.210. The first kappa shape index (κ1) is 13.4. The summed E-state index contributed by atoms with van der Waals surface area (Å²) in [7, 11) is 0. The first-order valence-corrected chi connectivity index (χ1v) is 5.58. The maximum atomic E-state index is 11.7. The number of ether oxygens (including phenoxy) is 1. The second-order valence-electron chi connectivity index (χ2n) is 3.38. The van der Waals surface area contributed by atoms with Gasteiger partial charge in [0.05, 0.1) is 18.4 Å². The van der Waals surface area contributed by atoms with Crippen molar-refractivity contribution in [3.63, 3.8) is 0 Å². The summed E-state index contributed by atoms with van der Waals surface area (Å²) in [6, 6.07) is 4.79. The van der Waals surface area contributed by atoms with Crippen molar-refractivity contribution in [1.29, 1.82) is 0 Å². The summed E-state index contributed by atoms with van der Waals surface area (Å²) >= 11 is 5.75. The highest BCUT2D eigenvalue weighted by Crippen LogP contribution is 2.17. The predicted molar refractivity (Wildman–Crippen MR) is 69.0 cm³/mol. The van der Waals surface area contributed by atoms with Crippen molar-refractivity contribution in [3.8, 4) is 0 Å². The lowest BCUT2D eigenvalue weighted by atomic mass is 10.1. The molecule has 1 aromatic rings. The van der Waals surface area contributed by atoms with Gasteiger partial charge in [-0.2, -0.15) is 0 Å². The molecular formula is C12H15ClN2O2. The van der Waals surface area contributed by atoms with Crippen LogP contribution in [0.1, 0.15) is 16.8 Å². The number of hydrogen-bond donors (Lipinski definition) is 2. The van der Waals surface area contributed by atoms with Gasteiger partial charge in [0.15, 0.2) is 0 Å². The first-order chi connectivity index (χ1) is 8.15. The largest absolute Gasteiger partial charge is 0.502 e. The fourth-order valence-electron chi connectivity index (χ4n) is 1.28. The average Bonchev–Trinajstić information content (AvgIpc) is 2.28. The van der Waals surface area contributed by atoms with Gasteiger partial charge in [-0.3, -0.25) is 4.79 Å². The van der Waals surface area contributed by atoms with Gasteiger partial charge in [-0.05, 0) is 24.6 Å². The van der Waals surface area contributed by atoms with Crippen molar-refractivity contribution in [2.45, 2.75) is 6.42 Å². The van der Waals surface area contributed by atoms with Crippen LogP contribution in [0.3, 0.4) is 0 Å². The molecule has 0 saturated carbocycles. The first-order valence-electron chi connectivity index (χ1n) is 5.21. The molecule has 0 spiro atoms. The van der Waals surface area contributed by atoms with Crippen molar-refractivity contribution in [2.75, 3.05) is 18.9 Å². The van der Waals surface area contributed by atoms with E-state index in [9.17, 15) is 4.79 Å². The fraction of sp³-hybridized carbons (Fsp3) is 0.250. The minimum absolute atomic E-state index is 0.210. The second-order valence-corrected chi connectivity index (χ2v) is 3.81. The molecular weight excluding hydrogens is 240 g/mol. The van der Waals surface area contributed by atoms with E-state index in [1.165, 1.54) is 6.26 Å². The normalized spacial score (nSPS) is 9.71. The summed E-state index contributed by atoms with van der Waals surface area (Å²) in [5, 5.41) is 3.25. The maximum Gasteiger partial charge on any atom is 0.253 e. The second kappa shape index (κ2) is 6.81. The molecule has 0 bridgehead atoms. The van der Waals surface area contributed by atoms with Gasteiger partial charge in [-0.1, -0.05) is 18.2 Å². The number of amides is 1. The van der Waals surface area contributed by atoms with E-state index in [0.29, 0.717) is 35.8 Å². The van der Waals surface area contributed by atoms with E-state index in [2.05, 4.69) is 11.9 Å². The quantitative estimate of drug-likeness (QED) is 0.465. The third-order valence-electron chi connectivity index (χ3n) is 2.10. The number of hydrogen-bond acceptors (Lipinski definition) is 3. The number of carbonyl (C=O) groups is 1. The van der Waals surface area contributed by atoms with Gasteiger partial charge in [0, 0.05) is 17.3 Å². The summed E-state index contributed by atoms with van der Waals surface area (Å²) in [5.41, 5.74) is 6.49. The molecule has 1 aromatic carbocycles. The van der Waals surface area contributed by atoms with E-state index in [1.807, 2.05) is 0 Å². The molecule has 5 heteroatoms. The summed E-state index contributed by atoms with van der Waals surface area (Å²) in [6.07, 6.45) is 2.09. The molecule has 0 unspecified atom stereocenters. The van der Waals surface area contributed by atoms with Crippen molar-refractivity contribution in [1.82, 2.24) is 5.32 Å². The Hall–Kier alpha value is -1.68. The van der Waals surface area contributed by atoms with Gasteiger partial charge in [-0.15, -0.1) is 0 Å². The van der Waals surface area contributed by atoms with E-state index < -0.39 is 0 Å². The van der Waals surface area contributed by atoms with E-state index >= 15 is 0 Å². The molecule has 0 heterocycles. The van der Waals surface area contributed by atoms with Gasteiger partial charge in [0.2, 0.25) is 0 Å². The molecule has 0 radical (unpaired) electrons. The topological polar surface area (TPSA) is 64.3 Å². The summed E-state index contributed by atoms with van der Waals surface area (Å²) in [4.78, 5) is 11.7. The van der Waals surface area contributed by atoms with Crippen LogP contribution in [0.5, 0.6) is 0 Å². The highest BCUT2D eigenvalue weighted by Gasteiger charge is 2.08. The lowest BCUT2D eigenvalue weighted by Crippen LogP contribution is -2.25. The van der Waals surface area contributed by atoms with Crippen LogP contribution in [0.25, 0.3) is 0 Å². The SMILES string of the molecule is C=COCCCNC(=O)c1ccc(Cl)cc1N. The number of rotatable bonds is 6. The number of nitrogens with two attached hydrogens (primary N) is 1. The number of anilines is 1. The number of benzene rings is 1. The average molecular weight is 255 g/mol. The third-order valence-corrected chi connectivity index (χ3v) is 2.34. The van der Waals surface area contributed by atoms with Crippen molar-refractivity contribution in [2.24, 2.45) is 0 Å². The van der Waals surface area contributed by atoms with Crippen molar-refractivity contribution in [3.05, 3.63) is 41.6 Å². The Bertz CT molecular complexity index is 407. The number of halogens is 1. The van der Waals surface area contributed by atoms with Gasteiger partial charge in [0.1, 0.15) is 0 Å². The van der Waals surface area contributed by atoms with Crippen LogP contribution in [0.15, 0.2) is 31.0 Å². The molecule has 0 atom stereocenters. The molecule has 0 saturated heterocycles. The molecule has 1 rings (SSSR count). The lowest BCUT2D eigenvalue weighted by Gasteiger charge is -2.07. The summed E-state index contributed by atoms with van der Waals surface area (Å²) < 4.78 is 4.93. The van der Waals surface area contributed by atoms with Crippen LogP contribution in [0, 0.1) is 0 Å². The molecule has 3 N–H and O–H groups in total. The Kier molecular flexibility index (Phi) is 5.36.